The number of ether oxygens (including phenoxy) is 1. The van der Waals surface area contributed by atoms with Gasteiger partial charge in [-0.25, -0.2) is 0 Å². The Morgan fingerprint density at radius 2 is 2.28 bits per heavy atom. The largest absolute Gasteiger partial charge is 0.497 e. The first kappa shape index (κ1) is 12.6. The number of rotatable bonds is 6. The number of carbonyl (C=O) groups is 2. The molecule has 1 aliphatic rings. The van der Waals surface area contributed by atoms with Gasteiger partial charge in [0, 0.05) is 5.56 Å². The fourth-order valence-corrected chi connectivity index (χ4v) is 2.33. The molecule has 1 saturated carbocycles. The lowest BCUT2D eigenvalue weighted by molar-refractivity contribution is -0.137. The molecule has 1 N–H and O–H groups in total. The molecule has 1 aromatic rings. The Morgan fingerprint density at radius 1 is 1.56 bits per heavy atom. The highest BCUT2D eigenvalue weighted by atomic mass is 16.5. The van der Waals surface area contributed by atoms with Crippen LogP contribution in [-0.2, 0) is 4.79 Å². The molecule has 0 spiro atoms. The van der Waals surface area contributed by atoms with Crippen molar-refractivity contribution in [2.24, 2.45) is 5.92 Å². The Morgan fingerprint density at radius 3 is 2.78 bits per heavy atom. The fraction of sp³-hybridized carbons (Fsp3) is 0.429. The molecule has 0 radical (unpaired) electrons. The summed E-state index contributed by atoms with van der Waals surface area (Å²) in [5, 5.41) is 8.99. The maximum atomic E-state index is 11.1. The first-order chi connectivity index (χ1) is 8.65. The third-order valence-corrected chi connectivity index (χ3v) is 3.41. The van der Waals surface area contributed by atoms with Crippen LogP contribution in [0.15, 0.2) is 18.2 Å². The van der Waals surface area contributed by atoms with E-state index in [9.17, 15) is 9.59 Å². The van der Waals surface area contributed by atoms with Crippen molar-refractivity contribution in [3.8, 4) is 5.75 Å². The van der Waals surface area contributed by atoms with Crippen molar-refractivity contribution < 1.29 is 19.4 Å². The summed E-state index contributed by atoms with van der Waals surface area (Å²) in [6, 6.07) is 5.20. The molecule has 96 valence electrons. The highest BCUT2D eigenvalue weighted by Crippen LogP contribution is 2.45. The van der Waals surface area contributed by atoms with Gasteiger partial charge in [0.1, 0.15) is 12.0 Å². The molecule has 1 fully saturated rings. The van der Waals surface area contributed by atoms with Crippen LogP contribution in [0.1, 0.15) is 41.1 Å². The van der Waals surface area contributed by atoms with Crippen molar-refractivity contribution in [2.45, 2.75) is 25.2 Å². The molecule has 4 heteroatoms. The number of carboxylic acid groups (broad SMARTS) is 1. The summed E-state index contributed by atoms with van der Waals surface area (Å²) in [7, 11) is 1.56. The lowest BCUT2D eigenvalue weighted by Crippen LogP contribution is -2.10. The Balaban J connectivity index is 2.37. The predicted molar refractivity (Wildman–Crippen MR) is 66.1 cm³/mol. The van der Waals surface area contributed by atoms with Crippen molar-refractivity contribution in [3.05, 3.63) is 29.3 Å². The van der Waals surface area contributed by atoms with E-state index < -0.39 is 5.97 Å². The number of carbonyl (C=O) groups excluding carboxylic acids is 1. The normalized spacial score (nSPS) is 16.1. The molecule has 18 heavy (non-hydrogen) atoms. The summed E-state index contributed by atoms with van der Waals surface area (Å²) in [6.07, 6.45) is 2.92. The SMILES string of the molecule is COc1ccc(C=O)c(C(CC(=O)O)C2CC2)c1. The van der Waals surface area contributed by atoms with Crippen LogP contribution in [0.2, 0.25) is 0 Å². The van der Waals surface area contributed by atoms with Gasteiger partial charge in [-0.2, -0.15) is 0 Å². The van der Waals surface area contributed by atoms with Crippen LogP contribution in [0, 0.1) is 5.92 Å². The minimum atomic E-state index is -0.827. The molecule has 1 atom stereocenters. The van der Waals surface area contributed by atoms with E-state index in [2.05, 4.69) is 0 Å². The molecule has 0 aromatic heterocycles. The van der Waals surface area contributed by atoms with E-state index in [4.69, 9.17) is 9.84 Å². The topological polar surface area (TPSA) is 63.6 Å². The zero-order chi connectivity index (χ0) is 13.1. The lowest BCUT2D eigenvalue weighted by Gasteiger charge is -2.17. The Kier molecular flexibility index (Phi) is 3.65. The summed E-state index contributed by atoms with van der Waals surface area (Å²) < 4.78 is 5.15. The van der Waals surface area contributed by atoms with E-state index in [1.807, 2.05) is 0 Å². The number of methoxy groups -OCH3 is 1. The van der Waals surface area contributed by atoms with Gasteiger partial charge in [-0.15, -0.1) is 0 Å². The summed E-state index contributed by atoms with van der Waals surface area (Å²) in [6.45, 7) is 0. The van der Waals surface area contributed by atoms with E-state index in [0.717, 1.165) is 24.7 Å². The van der Waals surface area contributed by atoms with Gasteiger partial charge >= 0.3 is 5.97 Å². The molecule has 0 saturated heterocycles. The zero-order valence-electron chi connectivity index (χ0n) is 10.3. The molecule has 0 amide bonds. The van der Waals surface area contributed by atoms with Crippen molar-refractivity contribution in [1.82, 2.24) is 0 Å². The Labute approximate surface area is 106 Å². The number of carboxylic acids is 1. The van der Waals surface area contributed by atoms with Crippen molar-refractivity contribution in [2.75, 3.05) is 7.11 Å². The van der Waals surface area contributed by atoms with Crippen LogP contribution in [-0.4, -0.2) is 24.5 Å². The number of aldehydes is 1. The lowest BCUT2D eigenvalue weighted by atomic mass is 9.88. The average molecular weight is 248 g/mol. The Bertz CT molecular complexity index is 463. The summed E-state index contributed by atoms with van der Waals surface area (Å²) in [5.41, 5.74) is 1.36. The standard InChI is InChI=1S/C14H16O4/c1-18-11-5-4-10(8-15)12(6-11)13(7-14(16)17)9-2-3-9/h4-6,8-9,13H,2-3,7H2,1H3,(H,16,17). The molecule has 1 aliphatic carbocycles. The van der Waals surface area contributed by atoms with Gasteiger partial charge < -0.3 is 9.84 Å². The van der Waals surface area contributed by atoms with E-state index in [0.29, 0.717) is 17.2 Å². The van der Waals surface area contributed by atoms with Crippen LogP contribution in [0.3, 0.4) is 0 Å². The summed E-state index contributed by atoms with van der Waals surface area (Å²) >= 11 is 0. The van der Waals surface area contributed by atoms with Crippen LogP contribution >= 0.6 is 0 Å². The summed E-state index contributed by atoms with van der Waals surface area (Å²) in [5.74, 6) is 0.128. The van der Waals surface area contributed by atoms with E-state index in [1.54, 1.807) is 25.3 Å². The second kappa shape index (κ2) is 5.21. The van der Waals surface area contributed by atoms with Crippen LogP contribution in [0.4, 0.5) is 0 Å². The molecule has 1 unspecified atom stereocenters. The molecule has 0 aliphatic heterocycles. The van der Waals surface area contributed by atoms with E-state index >= 15 is 0 Å². The highest BCUT2D eigenvalue weighted by Gasteiger charge is 2.35. The van der Waals surface area contributed by atoms with E-state index in [1.165, 1.54) is 0 Å². The third kappa shape index (κ3) is 2.70. The van der Waals surface area contributed by atoms with Crippen molar-refractivity contribution in [3.63, 3.8) is 0 Å². The molecule has 4 nitrogen and oxygen atoms in total. The van der Waals surface area contributed by atoms with Crippen molar-refractivity contribution in [1.29, 1.82) is 0 Å². The first-order valence-electron chi connectivity index (χ1n) is 6.00. The molecular formula is C14H16O4. The van der Waals surface area contributed by atoms with E-state index in [-0.39, 0.29) is 12.3 Å². The highest BCUT2D eigenvalue weighted by molar-refractivity contribution is 5.79. The minimum Gasteiger partial charge on any atom is -0.497 e. The molecular weight excluding hydrogens is 232 g/mol. The van der Waals surface area contributed by atoms with Crippen molar-refractivity contribution >= 4 is 12.3 Å². The third-order valence-electron chi connectivity index (χ3n) is 3.41. The van der Waals surface area contributed by atoms with Gasteiger partial charge in [-0.1, -0.05) is 0 Å². The first-order valence-corrected chi connectivity index (χ1v) is 6.00. The zero-order valence-corrected chi connectivity index (χ0v) is 10.3. The molecule has 1 aromatic carbocycles. The predicted octanol–water partition coefficient (Wildman–Crippen LogP) is 2.48. The number of aliphatic carboxylic acids is 1. The average Bonchev–Trinajstić information content (AvgIpc) is 3.19. The second-order valence-electron chi connectivity index (χ2n) is 4.65. The maximum absolute atomic E-state index is 11.1. The van der Waals surface area contributed by atoms with Gasteiger partial charge in [-0.05, 0) is 48.4 Å². The van der Waals surface area contributed by atoms with Gasteiger partial charge in [-0.3, -0.25) is 9.59 Å². The van der Waals surface area contributed by atoms with Crippen LogP contribution < -0.4 is 4.74 Å². The van der Waals surface area contributed by atoms with Crippen LogP contribution in [0.5, 0.6) is 5.75 Å². The smallest absolute Gasteiger partial charge is 0.303 e. The molecule has 0 heterocycles. The van der Waals surface area contributed by atoms with Gasteiger partial charge in [0.25, 0.3) is 0 Å². The fourth-order valence-electron chi connectivity index (χ4n) is 2.33. The number of hydrogen-bond acceptors (Lipinski definition) is 3. The Hall–Kier alpha value is -1.84. The molecule has 0 bridgehead atoms. The maximum Gasteiger partial charge on any atom is 0.303 e. The van der Waals surface area contributed by atoms with Gasteiger partial charge in [0.05, 0.1) is 13.5 Å². The van der Waals surface area contributed by atoms with Gasteiger partial charge in [0.15, 0.2) is 0 Å². The summed E-state index contributed by atoms with van der Waals surface area (Å²) in [4.78, 5) is 22.0. The minimum absolute atomic E-state index is 0.0681. The number of hydrogen-bond donors (Lipinski definition) is 1. The monoisotopic (exact) mass is 248 g/mol. The number of benzene rings is 1. The van der Waals surface area contributed by atoms with Gasteiger partial charge in [0.2, 0.25) is 0 Å². The van der Waals surface area contributed by atoms with Crippen LogP contribution in [0.25, 0.3) is 0 Å². The quantitative estimate of drug-likeness (QED) is 0.785. The molecule has 2 rings (SSSR count). The second-order valence-corrected chi connectivity index (χ2v) is 4.65.